The SMILES string of the molecule is CCOC(=O)C1=C(C)N=c2s/c(=C/c3cc(Br)ccc3OC(C)=O)c(=O)n2[C@@H]1c1ccc(C)cc1. The molecule has 1 aliphatic heterocycles. The molecule has 3 aromatic rings. The number of ether oxygens (including phenoxy) is 2. The minimum absolute atomic E-state index is 0.211. The Morgan fingerprint density at radius 3 is 2.54 bits per heavy atom. The summed E-state index contributed by atoms with van der Waals surface area (Å²) in [6.07, 6.45) is 1.67. The molecular weight excluding hydrogens is 532 g/mol. The van der Waals surface area contributed by atoms with Crippen molar-refractivity contribution in [3.05, 3.63) is 94.6 Å². The second-order valence-corrected chi connectivity index (χ2v) is 9.91. The van der Waals surface area contributed by atoms with E-state index in [-0.39, 0.29) is 12.2 Å². The summed E-state index contributed by atoms with van der Waals surface area (Å²) >= 11 is 4.64. The quantitative estimate of drug-likeness (QED) is 0.353. The van der Waals surface area contributed by atoms with Crippen LogP contribution in [-0.4, -0.2) is 23.1 Å². The van der Waals surface area contributed by atoms with Crippen LogP contribution in [0.25, 0.3) is 6.08 Å². The van der Waals surface area contributed by atoms with Crippen molar-refractivity contribution in [1.29, 1.82) is 0 Å². The zero-order chi connectivity index (χ0) is 25.3. The number of thiazole rings is 1. The van der Waals surface area contributed by atoms with Crippen molar-refractivity contribution < 1.29 is 19.1 Å². The van der Waals surface area contributed by atoms with E-state index in [9.17, 15) is 14.4 Å². The third-order valence-corrected chi connectivity index (χ3v) is 6.90. The lowest BCUT2D eigenvalue weighted by Crippen LogP contribution is -2.39. The number of carbonyl (C=O) groups is 2. The maximum absolute atomic E-state index is 13.7. The smallest absolute Gasteiger partial charge is 0.338 e. The number of hydrogen-bond donors (Lipinski definition) is 0. The lowest BCUT2D eigenvalue weighted by Gasteiger charge is -2.24. The molecule has 1 aromatic heterocycles. The molecule has 180 valence electrons. The topological polar surface area (TPSA) is 87.0 Å². The van der Waals surface area contributed by atoms with Gasteiger partial charge >= 0.3 is 11.9 Å². The Hall–Kier alpha value is -3.30. The van der Waals surface area contributed by atoms with E-state index in [1.807, 2.05) is 31.2 Å². The van der Waals surface area contributed by atoms with Gasteiger partial charge in [0.2, 0.25) is 0 Å². The van der Waals surface area contributed by atoms with Gasteiger partial charge in [0.25, 0.3) is 5.56 Å². The molecule has 2 heterocycles. The molecule has 0 bridgehead atoms. The minimum Gasteiger partial charge on any atom is -0.463 e. The highest BCUT2D eigenvalue weighted by Gasteiger charge is 2.33. The molecule has 7 nitrogen and oxygen atoms in total. The second kappa shape index (κ2) is 10.1. The summed E-state index contributed by atoms with van der Waals surface area (Å²) < 4.78 is 13.3. The first kappa shape index (κ1) is 24.8. The van der Waals surface area contributed by atoms with Crippen molar-refractivity contribution in [2.75, 3.05) is 6.61 Å². The molecule has 0 N–H and O–H groups in total. The van der Waals surface area contributed by atoms with Crippen LogP contribution in [0.3, 0.4) is 0 Å². The van der Waals surface area contributed by atoms with Crippen LogP contribution < -0.4 is 19.6 Å². The Morgan fingerprint density at radius 2 is 1.89 bits per heavy atom. The predicted molar refractivity (Wildman–Crippen MR) is 137 cm³/mol. The standard InChI is InChI=1S/C26H23BrN2O5S/c1-5-33-25(32)22-15(3)28-26-29(23(22)17-8-6-14(2)7-9-17)24(31)21(35-26)13-18-12-19(27)10-11-20(18)34-16(4)30/h6-13,23H,5H2,1-4H3/b21-13+/t23-/m1/s1. The van der Waals surface area contributed by atoms with E-state index in [1.54, 1.807) is 38.1 Å². The van der Waals surface area contributed by atoms with Gasteiger partial charge < -0.3 is 9.47 Å². The van der Waals surface area contributed by atoms with Gasteiger partial charge in [-0.05, 0) is 50.6 Å². The zero-order valence-corrected chi connectivity index (χ0v) is 22.0. The molecule has 2 aromatic carbocycles. The molecule has 0 fully saturated rings. The van der Waals surface area contributed by atoms with Crippen molar-refractivity contribution in [2.24, 2.45) is 4.99 Å². The van der Waals surface area contributed by atoms with Crippen LogP contribution in [0, 0.1) is 6.92 Å². The Morgan fingerprint density at radius 1 is 1.17 bits per heavy atom. The first-order valence-electron chi connectivity index (χ1n) is 10.9. The van der Waals surface area contributed by atoms with Gasteiger partial charge in [-0.1, -0.05) is 57.1 Å². The molecule has 0 unspecified atom stereocenters. The molecule has 1 atom stereocenters. The van der Waals surface area contributed by atoms with Gasteiger partial charge in [0.1, 0.15) is 5.75 Å². The van der Waals surface area contributed by atoms with Crippen molar-refractivity contribution in [3.8, 4) is 5.75 Å². The number of benzene rings is 2. The van der Waals surface area contributed by atoms with E-state index < -0.39 is 18.0 Å². The summed E-state index contributed by atoms with van der Waals surface area (Å²) in [5, 5.41) is 0. The lowest BCUT2D eigenvalue weighted by molar-refractivity contribution is -0.139. The number of fused-ring (bicyclic) bond motifs is 1. The van der Waals surface area contributed by atoms with Gasteiger partial charge in [-0.25, -0.2) is 9.79 Å². The molecule has 0 saturated heterocycles. The van der Waals surface area contributed by atoms with Crippen molar-refractivity contribution in [2.45, 2.75) is 33.7 Å². The van der Waals surface area contributed by atoms with Gasteiger partial charge in [0.15, 0.2) is 4.80 Å². The molecule has 4 rings (SSSR count). The first-order valence-corrected chi connectivity index (χ1v) is 12.5. The number of nitrogens with zero attached hydrogens (tertiary/aromatic N) is 2. The Kier molecular flexibility index (Phi) is 7.18. The maximum Gasteiger partial charge on any atom is 0.338 e. The molecule has 0 spiro atoms. The number of esters is 2. The summed E-state index contributed by atoms with van der Waals surface area (Å²) in [6.45, 7) is 6.99. The summed E-state index contributed by atoms with van der Waals surface area (Å²) in [7, 11) is 0. The number of rotatable bonds is 5. The summed E-state index contributed by atoms with van der Waals surface area (Å²) in [6, 6.07) is 12.2. The van der Waals surface area contributed by atoms with Crippen LogP contribution in [0.4, 0.5) is 0 Å². The maximum atomic E-state index is 13.7. The van der Waals surface area contributed by atoms with Gasteiger partial charge in [-0.2, -0.15) is 0 Å². The molecule has 35 heavy (non-hydrogen) atoms. The number of hydrogen-bond acceptors (Lipinski definition) is 7. The third-order valence-electron chi connectivity index (χ3n) is 5.42. The Labute approximate surface area is 214 Å². The van der Waals surface area contributed by atoms with E-state index in [0.29, 0.717) is 31.9 Å². The van der Waals surface area contributed by atoms with E-state index in [1.165, 1.54) is 22.8 Å². The van der Waals surface area contributed by atoms with Crippen LogP contribution in [0.2, 0.25) is 0 Å². The van der Waals surface area contributed by atoms with E-state index in [0.717, 1.165) is 15.6 Å². The number of aromatic nitrogens is 1. The normalized spacial score (nSPS) is 15.5. The molecule has 9 heteroatoms. The predicted octanol–water partition coefficient (Wildman–Crippen LogP) is 3.79. The third kappa shape index (κ3) is 5.06. The van der Waals surface area contributed by atoms with Gasteiger partial charge in [-0.15, -0.1) is 0 Å². The van der Waals surface area contributed by atoms with Crippen LogP contribution in [0.1, 0.15) is 43.5 Å². The number of aryl methyl sites for hydroxylation is 1. The van der Waals surface area contributed by atoms with Crippen molar-refractivity contribution in [3.63, 3.8) is 0 Å². The fraction of sp³-hybridized carbons (Fsp3) is 0.231. The van der Waals surface area contributed by atoms with Crippen LogP contribution in [0.5, 0.6) is 5.75 Å². The Balaban J connectivity index is 1.96. The van der Waals surface area contributed by atoms with Crippen LogP contribution in [0.15, 0.2) is 68.0 Å². The van der Waals surface area contributed by atoms with Gasteiger partial charge in [0, 0.05) is 17.0 Å². The van der Waals surface area contributed by atoms with Crippen molar-refractivity contribution >= 4 is 45.3 Å². The lowest BCUT2D eigenvalue weighted by atomic mass is 9.95. The monoisotopic (exact) mass is 554 g/mol. The second-order valence-electron chi connectivity index (χ2n) is 7.99. The number of allylic oxidation sites excluding steroid dienone is 1. The number of halogens is 1. The molecular formula is C26H23BrN2O5S. The average Bonchev–Trinajstić information content (AvgIpc) is 3.09. The zero-order valence-electron chi connectivity index (χ0n) is 19.6. The minimum atomic E-state index is -0.677. The van der Waals surface area contributed by atoms with Crippen LogP contribution in [-0.2, 0) is 14.3 Å². The fourth-order valence-corrected chi connectivity index (χ4v) is 5.29. The van der Waals surface area contributed by atoms with Gasteiger partial charge in [0.05, 0.1) is 28.5 Å². The summed E-state index contributed by atoms with van der Waals surface area (Å²) in [5.74, 6) is -0.625. The summed E-state index contributed by atoms with van der Waals surface area (Å²) in [5.41, 5.74) is 2.94. The fourth-order valence-electron chi connectivity index (χ4n) is 3.88. The highest BCUT2D eigenvalue weighted by Crippen LogP contribution is 2.31. The van der Waals surface area contributed by atoms with E-state index in [4.69, 9.17) is 9.47 Å². The van der Waals surface area contributed by atoms with E-state index >= 15 is 0 Å². The molecule has 0 amide bonds. The largest absolute Gasteiger partial charge is 0.463 e. The summed E-state index contributed by atoms with van der Waals surface area (Å²) in [4.78, 5) is 43.3. The molecule has 0 saturated carbocycles. The highest BCUT2D eigenvalue weighted by atomic mass is 79.9. The molecule has 0 aliphatic carbocycles. The van der Waals surface area contributed by atoms with Crippen LogP contribution >= 0.6 is 27.3 Å². The average molecular weight is 555 g/mol. The highest BCUT2D eigenvalue weighted by molar-refractivity contribution is 9.10. The van der Waals surface area contributed by atoms with Crippen molar-refractivity contribution in [1.82, 2.24) is 4.57 Å². The molecule has 0 radical (unpaired) electrons. The molecule has 1 aliphatic rings. The number of carbonyl (C=O) groups excluding carboxylic acids is 2. The van der Waals surface area contributed by atoms with Gasteiger partial charge in [-0.3, -0.25) is 14.2 Å². The Bertz CT molecular complexity index is 1530. The first-order chi connectivity index (χ1) is 16.7. The van der Waals surface area contributed by atoms with E-state index in [2.05, 4.69) is 20.9 Å².